The fraction of sp³-hybridized carbons (Fsp3) is 0.787. The molecular formula is C47H75N11O24. The number of carbonyl (C=O) groups excluding carboxylic acids is 5. The number of nitrogens with one attached hydrogen (secondary N) is 1. The Hall–Kier alpha value is -5.60. The minimum Gasteiger partial charge on any atom is -0.477 e. The predicted molar refractivity (Wildman–Crippen MR) is 262 cm³/mol. The third-order valence-corrected chi connectivity index (χ3v) is 14.4. The molecule has 0 radical (unpaired) electrons. The van der Waals surface area contributed by atoms with Crippen molar-refractivity contribution in [2.75, 3.05) is 46.1 Å². The molecule has 3 fully saturated rings. The zero-order valence-corrected chi connectivity index (χ0v) is 45.4. The van der Waals surface area contributed by atoms with Crippen molar-refractivity contribution in [2.45, 2.75) is 171 Å². The van der Waals surface area contributed by atoms with E-state index in [2.05, 4.69) is 41.2 Å². The van der Waals surface area contributed by atoms with E-state index in [9.17, 15) is 70.9 Å². The molecule has 6 heterocycles. The van der Waals surface area contributed by atoms with Crippen LogP contribution >= 0.6 is 0 Å². The highest BCUT2D eigenvalue weighted by atomic mass is 16.7. The highest BCUT2D eigenvalue weighted by Gasteiger charge is 2.63. The molecule has 3 aromatic rings. The monoisotopic (exact) mass is 1180 g/mol. The second-order valence-corrected chi connectivity index (χ2v) is 20.0. The number of amides is 1. The van der Waals surface area contributed by atoms with Gasteiger partial charge in [-0.3, -0.25) is 23.7 Å². The minimum atomic E-state index is -2.69. The first kappa shape index (κ1) is 68.9. The van der Waals surface area contributed by atoms with Gasteiger partial charge in [-0.25, -0.2) is 4.79 Å². The summed E-state index contributed by atoms with van der Waals surface area (Å²) in [6.07, 6.45) is -7.85. The van der Waals surface area contributed by atoms with Crippen LogP contribution in [-0.2, 0) is 96.6 Å². The molecule has 3 aromatic heterocycles. The third-order valence-electron chi connectivity index (χ3n) is 14.4. The summed E-state index contributed by atoms with van der Waals surface area (Å²) in [5.41, 5.74) is -1.36. The lowest BCUT2D eigenvalue weighted by Gasteiger charge is -2.52. The van der Waals surface area contributed by atoms with Crippen molar-refractivity contribution in [3.8, 4) is 0 Å². The fourth-order valence-electron chi connectivity index (χ4n) is 9.56. The first-order chi connectivity index (χ1) is 39.0. The average Bonchev–Trinajstić information content (AvgIpc) is 2.86. The number of ether oxygens (including phenoxy) is 6. The van der Waals surface area contributed by atoms with Gasteiger partial charge in [-0.2, -0.15) is 19.2 Å². The van der Waals surface area contributed by atoms with Gasteiger partial charge in [0.15, 0.2) is 12.6 Å². The van der Waals surface area contributed by atoms with Gasteiger partial charge in [0.1, 0.15) is 41.0 Å². The van der Waals surface area contributed by atoms with Crippen LogP contribution in [0.5, 0.6) is 0 Å². The highest BCUT2D eigenvalue weighted by molar-refractivity contribution is 5.77. The second-order valence-electron chi connectivity index (χ2n) is 20.0. The molecule has 0 spiro atoms. The van der Waals surface area contributed by atoms with Crippen LogP contribution in [-0.4, -0.2) is 266 Å². The fourth-order valence-corrected chi connectivity index (χ4v) is 9.56. The van der Waals surface area contributed by atoms with Gasteiger partial charge in [0.05, 0.1) is 127 Å². The number of carboxylic acids is 1. The summed E-state index contributed by atoms with van der Waals surface area (Å²) in [7, 11) is 0. The standard InChI is InChI=1S/C45H75N11O20.2CO2/c1-24-31(62)11-37(74-40(24)26(3)34(65)17-57)71-20-28-14-54(50-47-28)8-5-53(6-9-55-15-29(48-51-55)21-72-38-12-32(63)25(2)41(75-38)39(68)35(66)18-58)7-10-56-16-30(49-52-56)22-73-45(43(69)70)13-33(64)42(46-27(4)61)44(23-60,76-45)36(67)19-59;2*2-1-3/h14-16,24-26,31-42,57-60,62-68H,5-13,17-23H2,1-4H3,(H,46,61)(H,69,70);;/t24-,25-,26?,31-,32-,33-,34?,35?,36?,37+,38+,39?,40?,41?,42-,44?,45-;;/m1../s1. The number of nitrogens with zero attached hydrogens (tertiary/aromatic N) is 10. The van der Waals surface area contributed by atoms with E-state index in [1.807, 2.05) is 6.92 Å². The van der Waals surface area contributed by atoms with Crippen LogP contribution in [0.4, 0.5) is 0 Å². The first-order valence-corrected chi connectivity index (χ1v) is 26.0. The molecule has 35 nitrogen and oxygen atoms in total. The molecule has 0 saturated carbocycles. The van der Waals surface area contributed by atoms with Crippen molar-refractivity contribution in [1.29, 1.82) is 0 Å². The van der Waals surface area contributed by atoms with E-state index in [0.717, 1.165) is 6.92 Å². The van der Waals surface area contributed by atoms with Gasteiger partial charge in [-0.05, 0) is 0 Å². The van der Waals surface area contributed by atoms with Gasteiger partial charge in [0, 0.05) is 63.6 Å². The Morgan fingerprint density at radius 2 is 1.16 bits per heavy atom. The number of aliphatic hydroxyl groups excluding tert-OH is 11. The normalized spacial score (nSPS) is 29.1. The molecule has 0 bridgehead atoms. The molecular weight excluding hydrogens is 1100 g/mol. The Kier molecular flexibility index (Phi) is 27.8. The molecule has 0 aromatic carbocycles. The maximum absolute atomic E-state index is 12.7. The second kappa shape index (κ2) is 33.0. The molecule has 8 unspecified atom stereocenters. The lowest BCUT2D eigenvalue weighted by Crippen LogP contribution is -2.75. The van der Waals surface area contributed by atoms with Crippen molar-refractivity contribution >= 4 is 24.2 Å². The Bertz CT molecular complexity index is 2360. The molecule has 3 aliphatic rings. The van der Waals surface area contributed by atoms with E-state index in [1.54, 1.807) is 35.6 Å². The lowest BCUT2D eigenvalue weighted by atomic mass is 9.79. The smallest absolute Gasteiger partial charge is 0.373 e. The number of aliphatic carboxylic acids is 1. The van der Waals surface area contributed by atoms with Crippen LogP contribution in [0.1, 0.15) is 64.0 Å². The van der Waals surface area contributed by atoms with Crippen LogP contribution in [0.2, 0.25) is 0 Å². The van der Waals surface area contributed by atoms with Crippen LogP contribution in [0, 0.1) is 17.8 Å². The van der Waals surface area contributed by atoms with Crippen molar-refractivity contribution in [2.24, 2.45) is 17.8 Å². The van der Waals surface area contributed by atoms with E-state index in [4.69, 9.17) is 47.6 Å². The number of hydrogen-bond donors (Lipinski definition) is 13. The van der Waals surface area contributed by atoms with Crippen LogP contribution in [0.25, 0.3) is 0 Å². The Morgan fingerprint density at radius 1 is 0.720 bits per heavy atom. The van der Waals surface area contributed by atoms with Gasteiger partial charge >= 0.3 is 18.3 Å². The highest BCUT2D eigenvalue weighted by Crippen LogP contribution is 2.40. The molecule has 6 rings (SSSR count). The molecule has 0 aliphatic carbocycles. The van der Waals surface area contributed by atoms with Crippen LogP contribution in [0.3, 0.4) is 0 Å². The number of carboxylic acid groups (broad SMARTS) is 1. The molecule has 13 N–H and O–H groups in total. The summed E-state index contributed by atoms with van der Waals surface area (Å²) < 4.78 is 40.0. The number of carbonyl (C=O) groups is 2. The summed E-state index contributed by atoms with van der Waals surface area (Å²) in [6.45, 7) is 4.46. The molecule has 3 aliphatic heterocycles. The number of aromatic nitrogens is 9. The van der Waals surface area contributed by atoms with Crippen LogP contribution < -0.4 is 5.32 Å². The largest absolute Gasteiger partial charge is 0.477 e. The summed E-state index contributed by atoms with van der Waals surface area (Å²) in [4.78, 5) is 59.3. The number of rotatable bonds is 29. The van der Waals surface area contributed by atoms with E-state index in [0.29, 0.717) is 44.1 Å². The summed E-state index contributed by atoms with van der Waals surface area (Å²) in [5.74, 6) is -6.45. The summed E-state index contributed by atoms with van der Waals surface area (Å²) >= 11 is 0. The van der Waals surface area contributed by atoms with Gasteiger partial charge in [0.2, 0.25) is 5.91 Å². The maximum Gasteiger partial charge on any atom is 0.373 e. The van der Waals surface area contributed by atoms with Gasteiger partial charge < -0.3 is 95.0 Å². The lowest BCUT2D eigenvalue weighted by molar-refractivity contribution is -0.351. The SMILES string of the molecule is CC(=O)N[C@@H]1[C@H](O)C[C@](OCc2cn(CCN(CCn3cc(CO[C@@H]4C[C@@H](O)[C@@H](C)C(C(C)C(O)CO)O4)nn3)CCn3cc(CO[C@@H]4C[C@@H](O)[C@@H](C)C(C(O)C(O)CO)O4)nn3)nn2)(C(=O)O)OC1(CO)C(O)CO.O=C=O.O=C=O. The van der Waals surface area contributed by atoms with E-state index >= 15 is 0 Å². The van der Waals surface area contributed by atoms with Gasteiger partial charge in [-0.15, -0.1) is 15.3 Å². The van der Waals surface area contributed by atoms with Crippen molar-refractivity contribution < 1.29 is 118 Å². The molecule has 17 atom stereocenters. The summed E-state index contributed by atoms with van der Waals surface area (Å²) in [5, 5.41) is 151. The molecule has 462 valence electrons. The number of aliphatic hydroxyl groups is 11. The molecule has 1 amide bonds. The molecule has 3 saturated heterocycles. The summed E-state index contributed by atoms with van der Waals surface area (Å²) in [6, 6.07) is -1.54. The zero-order valence-electron chi connectivity index (χ0n) is 45.4. The van der Waals surface area contributed by atoms with Gasteiger partial charge in [-0.1, -0.05) is 36.4 Å². The third kappa shape index (κ3) is 18.7. The van der Waals surface area contributed by atoms with E-state index in [-0.39, 0.29) is 56.5 Å². The van der Waals surface area contributed by atoms with E-state index < -0.39 is 148 Å². The Balaban J connectivity index is 0.00000230. The quantitative estimate of drug-likeness (QED) is 0.0307. The number of hydrogen-bond acceptors (Lipinski definition) is 30. The van der Waals surface area contributed by atoms with E-state index in [1.165, 1.54) is 10.9 Å². The predicted octanol–water partition coefficient (Wildman–Crippen LogP) is -7.38. The topological polar surface area (TPSA) is 508 Å². The molecule has 35 heteroatoms. The van der Waals surface area contributed by atoms with Crippen molar-refractivity contribution in [3.05, 3.63) is 35.7 Å². The Labute approximate surface area is 467 Å². The minimum absolute atomic E-state index is 0.00256. The van der Waals surface area contributed by atoms with Crippen molar-refractivity contribution in [1.82, 2.24) is 55.2 Å². The molecule has 82 heavy (non-hydrogen) atoms. The maximum atomic E-state index is 12.7. The van der Waals surface area contributed by atoms with Crippen molar-refractivity contribution in [3.63, 3.8) is 0 Å². The first-order valence-electron chi connectivity index (χ1n) is 26.0. The Morgan fingerprint density at radius 3 is 1.57 bits per heavy atom. The zero-order chi connectivity index (χ0) is 60.9. The van der Waals surface area contributed by atoms with Gasteiger partial charge in [0.25, 0.3) is 5.79 Å². The van der Waals surface area contributed by atoms with Crippen LogP contribution in [0.15, 0.2) is 18.6 Å². The average molecular weight is 1180 g/mol.